The first kappa shape index (κ1) is 19.8. The number of carbonyl (C=O) groups excluding carboxylic acids is 1. The van der Waals surface area contributed by atoms with Crippen molar-refractivity contribution in [1.82, 2.24) is 19.6 Å². The summed E-state index contributed by atoms with van der Waals surface area (Å²) in [5.41, 5.74) is 1.58. The highest BCUT2D eigenvalue weighted by atomic mass is 35.5. The van der Waals surface area contributed by atoms with Crippen molar-refractivity contribution in [3.63, 3.8) is 0 Å². The van der Waals surface area contributed by atoms with E-state index in [0.29, 0.717) is 28.0 Å². The molecule has 0 bridgehead atoms. The molecule has 0 spiro atoms. The van der Waals surface area contributed by atoms with Crippen LogP contribution in [0.3, 0.4) is 0 Å². The van der Waals surface area contributed by atoms with Crippen molar-refractivity contribution in [2.75, 3.05) is 5.32 Å². The van der Waals surface area contributed by atoms with Crippen molar-refractivity contribution in [2.24, 2.45) is 0 Å². The molecule has 3 aromatic rings. The van der Waals surface area contributed by atoms with Gasteiger partial charge >= 0.3 is 5.69 Å². The third kappa shape index (κ3) is 4.15. The van der Waals surface area contributed by atoms with Crippen LogP contribution in [0, 0.1) is 17.0 Å². The lowest BCUT2D eigenvalue weighted by Gasteiger charge is -2.13. The Morgan fingerprint density at radius 3 is 2.68 bits per heavy atom. The van der Waals surface area contributed by atoms with Gasteiger partial charge in [0.05, 0.1) is 33.4 Å². The summed E-state index contributed by atoms with van der Waals surface area (Å²) in [5, 5.41) is 22.8. The molecule has 2 heterocycles. The molecular weight excluding hydrogens is 407 g/mol. The second-order valence-electron chi connectivity index (χ2n) is 6.16. The standard InChI is InChI=1S/C17H16Cl2N6O3/c1-10-16(25(27)28)7-21-24(10)11(2)17(26)22-13-6-20-23(9-13)8-12-3-4-14(18)15(19)5-12/h3-7,9,11H,8H2,1-2H3,(H,22,26). The first-order valence-electron chi connectivity index (χ1n) is 8.22. The molecule has 0 aliphatic rings. The van der Waals surface area contributed by atoms with Gasteiger partial charge < -0.3 is 5.32 Å². The largest absolute Gasteiger partial charge is 0.322 e. The van der Waals surface area contributed by atoms with Crippen molar-refractivity contribution in [2.45, 2.75) is 26.4 Å². The third-order valence-corrected chi connectivity index (χ3v) is 4.93. The van der Waals surface area contributed by atoms with E-state index >= 15 is 0 Å². The Labute approximate surface area is 170 Å². The van der Waals surface area contributed by atoms with Crippen LogP contribution in [-0.2, 0) is 11.3 Å². The lowest BCUT2D eigenvalue weighted by Crippen LogP contribution is -2.25. The highest BCUT2D eigenvalue weighted by Crippen LogP contribution is 2.23. The average molecular weight is 423 g/mol. The van der Waals surface area contributed by atoms with Crippen molar-refractivity contribution < 1.29 is 9.72 Å². The number of nitrogens with one attached hydrogen (secondary N) is 1. The maximum absolute atomic E-state index is 12.5. The summed E-state index contributed by atoms with van der Waals surface area (Å²) < 4.78 is 2.96. The Balaban J connectivity index is 1.68. The molecule has 0 aliphatic heterocycles. The molecule has 28 heavy (non-hydrogen) atoms. The van der Waals surface area contributed by atoms with E-state index in [4.69, 9.17) is 23.2 Å². The van der Waals surface area contributed by atoms with E-state index in [2.05, 4.69) is 15.5 Å². The summed E-state index contributed by atoms with van der Waals surface area (Å²) in [4.78, 5) is 22.9. The Morgan fingerprint density at radius 2 is 2.04 bits per heavy atom. The van der Waals surface area contributed by atoms with E-state index in [0.717, 1.165) is 11.8 Å². The topological polar surface area (TPSA) is 108 Å². The van der Waals surface area contributed by atoms with Crippen LogP contribution in [0.2, 0.25) is 10.0 Å². The summed E-state index contributed by atoms with van der Waals surface area (Å²) in [6, 6.07) is 4.56. The number of benzene rings is 1. The maximum Gasteiger partial charge on any atom is 0.309 e. The number of rotatable bonds is 6. The number of nitro groups is 1. The number of hydrogen-bond donors (Lipinski definition) is 1. The van der Waals surface area contributed by atoms with Crippen molar-refractivity contribution in [3.8, 4) is 0 Å². The monoisotopic (exact) mass is 422 g/mol. The Hall–Kier alpha value is -2.91. The number of aromatic nitrogens is 4. The SMILES string of the molecule is Cc1c([N+](=O)[O-])cnn1C(C)C(=O)Nc1cnn(Cc2ccc(Cl)c(Cl)c2)c1. The fourth-order valence-corrected chi connectivity index (χ4v) is 3.00. The average Bonchev–Trinajstić information content (AvgIpc) is 3.24. The van der Waals surface area contributed by atoms with Gasteiger partial charge in [0.15, 0.2) is 0 Å². The first-order chi connectivity index (χ1) is 13.3. The smallest absolute Gasteiger partial charge is 0.309 e. The van der Waals surface area contributed by atoms with E-state index < -0.39 is 11.0 Å². The van der Waals surface area contributed by atoms with Gasteiger partial charge in [-0.2, -0.15) is 10.2 Å². The molecule has 1 N–H and O–H groups in total. The molecule has 1 unspecified atom stereocenters. The van der Waals surface area contributed by atoms with Crippen molar-refractivity contribution in [3.05, 3.63) is 68.2 Å². The van der Waals surface area contributed by atoms with E-state index in [1.807, 2.05) is 6.07 Å². The van der Waals surface area contributed by atoms with Crippen LogP contribution in [0.1, 0.15) is 24.2 Å². The van der Waals surface area contributed by atoms with E-state index in [1.165, 1.54) is 10.9 Å². The van der Waals surface area contributed by atoms with E-state index in [9.17, 15) is 14.9 Å². The minimum absolute atomic E-state index is 0.130. The fraction of sp³-hybridized carbons (Fsp3) is 0.235. The molecule has 1 atom stereocenters. The summed E-state index contributed by atoms with van der Waals surface area (Å²) >= 11 is 11.9. The van der Waals surface area contributed by atoms with Crippen LogP contribution in [-0.4, -0.2) is 30.4 Å². The summed E-state index contributed by atoms with van der Waals surface area (Å²) in [6.45, 7) is 3.61. The van der Waals surface area contributed by atoms with Gasteiger partial charge in [0.2, 0.25) is 5.91 Å². The Morgan fingerprint density at radius 1 is 1.29 bits per heavy atom. The number of carbonyl (C=O) groups is 1. The van der Waals surface area contributed by atoms with Gasteiger partial charge in [-0.25, -0.2) is 0 Å². The molecule has 9 nitrogen and oxygen atoms in total. The molecule has 0 aliphatic carbocycles. The van der Waals surface area contributed by atoms with Gasteiger partial charge in [0, 0.05) is 6.20 Å². The predicted octanol–water partition coefficient (Wildman–Crippen LogP) is 3.85. The minimum atomic E-state index is -0.730. The normalized spacial score (nSPS) is 12.0. The molecular formula is C17H16Cl2N6O3. The number of hydrogen-bond acceptors (Lipinski definition) is 5. The van der Waals surface area contributed by atoms with Gasteiger partial charge in [0.1, 0.15) is 17.9 Å². The highest BCUT2D eigenvalue weighted by molar-refractivity contribution is 6.42. The lowest BCUT2D eigenvalue weighted by molar-refractivity contribution is -0.385. The molecule has 146 valence electrons. The lowest BCUT2D eigenvalue weighted by atomic mass is 10.2. The van der Waals surface area contributed by atoms with Gasteiger partial charge in [-0.15, -0.1) is 0 Å². The number of amides is 1. The van der Waals surface area contributed by atoms with E-state index in [1.54, 1.807) is 36.9 Å². The van der Waals surface area contributed by atoms with Crippen LogP contribution in [0.5, 0.6) is 0 Å². The third-order valence-electron chi connectivity index (χ3n) is 4.19. The van der Waals surface area contributed by atoms with E-state index in [-0.39, 0.29) is 11.6 Å². The Bertz CT molecular complexity index is 1050. The molecule has 1 amide bonds. The highest BCUT2D eigenvalue weighted by Gasteiger charge is 2.24. The zero-order valence-corrected chi connectivity index (χ0v) is 16.5. The molecule has 0 fully saturated rings. The molecule has 2 aromatic heterocycles. The number of nitrogens with zero attached hydrogens (tertiary/aromatic N) is 5. The van der Waals surface area contributed by atoms with Crippen LogP contribution in [0.15, 0.2) is 36.8 Å². The zero-order valence-electron chi connectivity index (χ0n) is 15.0. The predicted molar refractivity (Wildman–Crippen MR) is 105 cm³/mol. The maximum atomic E-state index is 12.5. The molecule has 0 saturated carbocycles. The van der Waals surface area contributed by atoms with Gasteiger partial charge in [-0.05, 0) is 31.5 Å². The van der Waals surface area contributed by atoms with Crippen LogP contribution in [0.25, 0.3) is 0 Å². The van der Waals surface area contributed by atoms with Crippen LogP contribution < -0.4 is 5.32 Å². The first-order valence-corrected chi connectivity index (χ1v) is 8.97. The molecule has 1 aromatic carbocycles. The molecule has 11 heteroatoms. The van der Waals surface area contributed by atoms with Crippen LogP contribution >= 0.6 is 23.2 Å². The number of halogens is 2. The van der Waals surface area contributed by atoms with Crippen molar-refractivity contribution in [1.29, 1.82) is 0 Å². The van der Waals surface area contributed by atoms with Gasteiger partial charge in [-0.3, -0.25) is 24.3 Å². The zero-order chi connectivity index (χ0) is 20.4. The quantitative estimate of drug-likeness (QED) is 0.479. The molecule has 0 saturated heterocycles. The minimum Gasteiger partial charge on any atom is -0.322 e. The summed E-state index contributed by atoms with van der Waals surface area (Å²) in [7, 11) is 0. The Kier molecular flexibility index (Phi) is 5.66. The van der Waals surface area contributed by atoms with Gasteiger partial charge in [0.25, 0.3) is 0 Å². The molecule has 3 rings (SSSR count). The second kappa shape index (κ2) is 7.99. The number of anilines is 1. The van der Waals surface area contributed by atoms with Crippen molar-refractivity contribution >= 4 is 40.5 Å². The molecule has 0 radical (unpaired) electrons. The summed E-state index contributed by atoms with van der Waals surface area (Å²) in [5.74, 6) is -0.366. The second-order valence-corrected chi connectivity index (χ2v) is 6.97. The van der Waals surface area contributed by atoms with Gasteiger partial charge in [-0.1, -0.05) is 29.3 Å². The van der Waals surface area contributed by atoms with Crippen LogP contribution in [0.4, 0.5) is 11.4 Å². The summed E-state index contributed by atoms with van der Waals surface area (Å²) in [6.07, 6.45) is 4.32. The fourth-order valence-electron chi connectivity index (χ4n) is 2.68.